The molecule has 0 aromatic heterocycles. The molecule has 0 saturated heterocycles. The van der Waals surface area contributed by atoms with Gasteiger partial charge in [0.05, 0.1) is 17.8 Å². The van der Waals surface area contributed by atoms with Gasteiger partial charge in [-0.25, -0.2) is 0 Å². The summed E-state index contributed by atoms with van der Waals surface area (Å²) in [6.45, 7) is 0.908. The largest absolute Gasteiger partial charge is 0.493 e. The van der Waals surface area contributed by atoms with Crippen LogP contribution < -0.4 is 15.0 Å². The van der Waals surface area contributed by atoms with Crippen molar-refractivity contribution in [3.63, 3.8) is 0 Å². The average molecular weight is 333 g/mol. The lowest BCUT2D eigenvalue weighted by atomic mass is 10.0. The van der Waals surface area contributed by atoms with E-state index in [-0.39, 0.29) is 0 Å². The van der Waals surface area contributed by atoms with Crippen molar-refractivity contribution in [3.05, 3.63) is 53.1 Å². The standard InChI is InChI=1S/C17H17ClN2OS/c1-21-16-13(18)8-4-9-14(16)19-17(22)20-11-5-7-12-6-2-3-10-15(12)20/h2-4,6,8-10H,5,7,11H2,1H3,(H,19,22). The Hall–Kier alpha value is -1.78. The quantitative estimate of drug-likeness (QED) is 0.818. The van der Waals surface area contributed by atoms with Gasteiger partial charge in [-0.1, -0.05) is 35.9 Å². The number of nitrogens with one attached hydrogen (secondary N) is 1. The number of thiocarbonyl (C=S) groups is 1. The van der Waals surface area contributed by atoms with E-state index >= 15 is 0 Å². The summed E-state index contributed by atoms with van der Waals surface area (Å²) in [6.07, 6.45) is 2.18. The first-order chi connectivity index (χ1) is 10.7. The molecule has 0 bridgehead atoms. The number of rotatable bonds is 2. The number of hydrogen-bond acceptors (Lipinski definition) is 2. The molecule has 1 aliphatic rings. The third-order valence-corrected chi connectivity index (χ3v) is 4.39. The number of hydrogen-bond donors (Lipinski definition) is 1. The molecule has 22 heavy (non-hydrogen) atoms. The summed E-state index contributed by atoms with van der Waals surface area (Å²) in [5.41, 5.74) is 3.28. The van der Waals surface area contributed by atoms with E-state index in [1.807, 2.05) is 18.2 Å². The monoisotopic (exact) mass is 332 g/mol. The molecule has 3 nitrogen and oxygen atoms in total. The highest BCUT2D eigenvalue weighted by atomic mass is 35.5. The molecule has 1 N–H and O–H groups in total. The summed E-state index contributed by atoms with van der Waals surface area (Å²) < 4.78 is 5.36. The second-order valence-electron chi connectivity index (χ2n) is 5.13. The van der Waals surface area contributed by atoms with Gasteiger partial charge in [0.1, 0.15) is 0 Å². The number of halogens is 1. The minimum absolute atomic E-state index is 0.564. The van der Waals surface area contributed by atoms with Crippen LogP contribution in [-0.4, -0.2) is 18.8 Å². The van der Waals surface area contributed by atoms with Gasteiger partial charge in [0.25, 0.3) is 0 Å². The molecule has 0 spiro atoms. The maximum absolute atomic E-state index is 6.16. The van der Waals surface area contributed by atoms with Crippen LogP contribution in [0.1, 0.15) is 12.0 Å². The maximum Gasteiger partial charge on any atom is 0.178 e. The van der Waals surface area contributed by atoms with E-state index in [1.54, 1.807) is 13.2 Å². The van der Waals surface area contributed by atoms with E-state index in [2.05, 4.69) is 28.4 Å². The van der Waals surface area contributed by atoms with Crippen molar-refractivity contribution >= 4 is 40.3 Å². The molecule has 5 heteroatoms. The first-order valence-electron chi connectivity index (χ1n) is 7.19. The van der Waals surface area contributed by atoms with E-state index in [9.17, 15) is 0 Å². The molecule has 2 aromatic rings. The van der Waals surface area contributed by atoms with E-state index in [0.29, 0.717) is 15.9 Å². The minimum atomic E-state index is 0.564. The van der Waals surface area contributed by atoms with E-state index in [0.717, 1.165) is 25.1 Å². The van der Waals surface area contributed by atoms with Crippen LogP contribution in [0.3, 0.4) is 0 Å². The Morgan fingerprint density at radius 2 is 2.05 bits per heavy atom. The average Bonchev–Trinajstić information content (AvgIpc) is 2.54. The Morgan fingerprint density at radius 3 is 2.86 bits per heavy atom. The molecule has 1 heterocycles. The molecule has 0 atom stereocenters. The molecule has 0 unspecified atom stereocenters. The lowest BCUT2D eigenvalue weighted by Crippen LogP contribution is -2.38. The molecule has 0 radical (unpaired) electrons. The zero-order chi connectivity index (χ0) is 15.5. The fourth-order valence-corrected chi connectivity index (χ4v) is 3.29. The molecule has 0 aliphatic carbocycles. The van der Waals surface area contributed by atoms with Crippen LogP contribution in [-0.2, 0) is 6.42 Å². The van der Waals surface area contributed by atoms with Crippen LogP contribution in [0, 0.1) is 0 Å². The second-order valence-corrected chi connectivity index (χ2v) is 5.93. The van der Waals surface area contributed by atoms with Gasteiger partial charge in [-0.15, -0.1) is 0 Å². The predicted octanol–water partition coefficient (Wildman–Crippen LogP) is 4.50. The molecule has 2 aromatic carbocycles. The van der Waals surface area contributed by atoms with Crippen LogP contribution in [0.4, 0.5) is 11.4 Å². The van der Waals surface area contributed by atoms with E-state index < -0.39 is 0 Å². The van der Waals surface area contributed by atoms with Crippen LogP contribution >= 0.6 is 23.8 Å². The number of para-hydroxylation sites is 2. The van der Waals surface area contributed by atoms with Gasteiger partial charge in [0, 0.05) is 12.2 Å². The maximum atomic E-state index is 6.16. The molecular weight excluding hydrogens is 316 g/mol. The van der Waals surface area contributed by atoms with Crippen molar-refractivity contribution < 1.29 is 4.74 Å². The third-order valence-electron chi connectivity index (χ3n) is 3.77. The van der Waals surface area contributed by atoms with Crippen LogP contribution in [0.2, 0.25) is 5.02 Å². The van der Waals surface area contributed by atoms with Crippen LogP contribution in [0.25, 0.3) is 0 Å². The Balaban J connectivity index is 1.86. The molecule has 0 saturated carbocycles. The fraction of sp³-hybridized carbons (Fsp3) is 0.235. The number of aryl methyl sites for hydroxylation is 1. The second kappa shape index (κ2) is 6.55. The Kier molecular flexibility index (Phi) is 4.50. The van der Waals surface area contributed by atoms with Crippen molar-refractivity contribution in [2.24, 2.45) is 0 Å². The number of nitrogens with zero attached hydrogens (tertiary/aromatic N) is 1. The predicted molar refractivity (Wildman–Crippen MR) is 96.3 cm³/mol. The highest BCUT2D eigenvalue weighted by Crippen LogP contribution is 2.33. The highest BCUT2D eigenvalue weighted by molar-refractivity contribution is 7.80. The summed E-state index contributed by atoms with van der Waals surface area (Å²) in [7, 11) is 1.60. The normalized spacial score (nSPS) is 13.5. The summed E-state index contributed by atoms with van der Waals surface area (Å²) in [6, 6.07) is 14.0. The van der Waals surface area contributed by atoms with Gasteiger partial charge in [-0.3, -0.25) is 0 Å². The zero-order valence-electron chi connectivity index (χ0n) is 12.3. The first kappa shape index (κ1) is 15.1. The molecule has 0 fully saturated rings. The van der Waals surface area contributed by atoms with Crippen molar-refractivity contribution in [1.29, 1.82) is 0 Å². The Labute approximate surface area is 140 Å². The van der Waals surface area contributed by atoms with Crippen LogP contribution in [0.15, 0.2) is 42.5 Å². The van der Waals surface area contributed by atoms with Crippen molar-refractivity contribution in [2.45, 2.75) is 12.8 Å². The number of ether oxygens (including phenoxy) is 1. The van der Waals surface area contributed by atoms with Gasteiger partial charge in [-0.05, 0) is 48.8 Å². The Morgan fingerprint density at radius 1 is 1.23 bits per heavy atom. The molecule has 1 aliphatic heterocycles. The van der Waals surface area contributed by atoms with Crippen LogP contribution in [0.5, 0.6) is 5.75 Å². The molecule has 3 rings (SSSR count). The third kappa shape index (κ3) is 2.89. The van der Waals surface area contributed by atoms with Gasteiger partial charge in [0.2, 0.25) is 0 Å². The van der Waals surface area contributed by atoms with Gasteiger partial charge >= 0.3 is 0 Å². The molecule has 0 amide bonds. The minimum Gasteiger partial charge on any atom is -0.493 e. The first-order valence-corrected chi connectivity index (χ1v) is 7.98. The zero-order valence-corrected chi connectivity index (χ0v) is 13.9. The number of methoxy groups -OCH3 is 1. The summed E-state index contributed by atoms with van der Waals surface area (Å²) in [5, 5.41) is 4.48. The van der Waals surface area contributed by atoms with Crippen molar-refractivity contribution in [1.82, 2.24) is 0 Å². The van der Waals surface area contributed by atoms with E-state index in [4.69, 9.17) is 28.6 Å². The SMILES string of the molecule is COc1c(Cl)cccc1NC(=S)N1CCCc2ccccc21. The molecule has 114 valence electrons. The van der Waals surface area contributed by atoms with Gasteiger partial charge in [-0.2, -0.15) is 0 Å². The summed E-state index contributed by atoms with van der Waals surface area (Å²) >= 11 is 11.8. The fourth-order valence-electron chi connectivity index (χ4n) is 2.74. The topological polar surface area (TPSA) is 24.5 Å². The summed E-state index contributed by atoms with van der Waals surface area (Å²) in [4.78, 5) is 2.13. The lowest BCUT2D eigenvalue weighted by molar-refractivity contribution is 0.417. The van der Waals surface area contributed by atoms with Crippen molar-refractivity contribution in [3.8, 4) is 5.75 Å². The number of anilines is 2. The smallest absolute Gasteiger partial charge is 0.178 e. The highest BCUT2D eigenvalue weighted by Gasteiger charge is 2.20. The lowest BCUT2D eigenvalue weighted by Gasteiger charge is -2.32. The molecular formula is C17H17ClN2OS. The summed E-state index contributed by atoms with van der Waals surface area (Å²) in [5.74, 6) is 0.608. The van der Waals surface area contributed by atoms with Gasteiger partial charge < -0.3 is 15.0 Å². The van der Waals surface area contributed by atoms with Gasteiger partial charge in [0.15, 0.2) is 10.9 Å². The van der Waals surface area contributed by atoms with E-state index in [1.165, 1.54) is 11.3 Å². The number of benzene rings is 2. The number of fused-ring (bicyclic) bond motifs is 1. The Bertz CT molecular complexity index is 705. The van der Waals surface area contributed by atoms with Crippen molar-refractivity contribution in [2.75, 3.05) is 23.9 Å².